The van der Waals surface area contributed by atoms with Crippen molar-refractivity contribution in [2.24, 2.45) is 0 Å². The number of nitrogens with zero attached hydrogens (tertiary/aromatic N) is 1. The molecular formula is C10H9ClN2O2. The molecule has 0 bridgehead atoms. The van der Waals surface area contributed by atoms with Crippen LogP contribution in [-0.2, 0) is 4.79 Å². The molecule has 1 aromatic carbocycles. The van der Waals surface area contributed by atoms with E-state index in [4.69, 9.17) is 11.6 Å². The van der Waals surface area contributed by atoms with Crippen molar-refractivity contribution < 1.29 is 9.59 Å². The molecule has 1 heterocycles. The van der Waals surface area contributed by atoms with Crippen LogP contribution in [0.4, 0.5) is 10.5 Å². The van der Waals surface area contributed by atoms with Crippen molar-refractivity contribution in [2.45, 2.75) is 6.42 Å². The highest BCUT2D eigenvalue weighted by Crippen LogP contribution is 2.21. The molecule has 78 valence electrons. The minimum Gasteiger partial charge on any atom is -0.337 e. The smallest absolute Gasteiger partial charge is 0.328 e. The van der Waals surface area contributed by atoms with Crippen LogP contribution in [0, 0.1) is 0 Å². The molecule has 15 heavy (non-hydrogen) atoms. The third-order valence-corrected chi connectivity index (χ3v) is 2.37. The van der Waals surface area contributed by atoms with E-state index in [9.17, 15) is 9.59 Å². The second kappa shape index (κ2) is 3.90. The Labute approximate surface area is 91.8 Å². The average Bonchev–Trinajstić information content (AvgIpc) is 2.17. The van der Waals surface area contributed by atoms with Gasteiger partial charge in [-0.2, -0.15) is 0 Å². The van der Waals surface area contributed by atoms with Crippen molar-refractivity contribution in [1.29, 1.82) is 0 Å². The van der Waals surface area contributed by atoms with Crippen LogP contribution in [0.25, 0.3) is 0 Å². The molecule has 0 saturated carbocycles. The molecule has 1 fully saturated rings. The lowest BCUT2D eigenvalue weighted by Crippen LogP contribution is -2.50. The summed E-state index contributed by atoms with van der Waals surface area (Å²) >= 11 is 5.79. The van der Waals surface area contributed by atoms with Crippen LogP contribution in [0.3, 0.4) is 0 Å². The number of hydrogen-bond donors (Lipinski definition) is 1. The summed E-state index contributed by atoms with van der Waals surface area (Å²) in [4.78, 5) is 24.1. The van der Waals surface area contributed by atoms with Gasteiger partial charge in [-0.05, 0) is 18.2 Å². The number of urea groups is 1. The second-order valence-electron chi connectivity index (χ2n) is 3.19. The molecule has 5 heteroatoms. The fourth-order valence-electron chi connectivity index (χ4n) is 1.46. The van der Waals surface area contributed by atoms with Gasteiger partial charge in [0.15, 0.2) is 0 Å². The Hall–Kier alpha value is -1.55. The van der Waals surface area contributed by atoms with Gasteiger partial charge in [0.1, 0.15) is 0 Å². The summed E-state index contributed by atoms with van der Waals surface area (Å²) in [5.41, 5.74) is 0.504. The maximum atomic E-state index is 11.5. The van der Waals surface area contributed by atoms with Crippen LogP contribution in [0.5, 0.6) is 0 Å². The number of rotatable bonds is 1. The molecule has 0 aliphatic carbocycles. The maximum absolute atomic E-state index is 11.5. The highest BCUT2D eigenvalue weighted by Gasteiger charge is 2.26. The second-order valence-corrected chi connectivity index (χ2v) is 3.63. The molecule has 0 spiro atoms. The number of anilines is 1. The molecule has 1 N–H and O–H groups in total. The predicted octanol–water partition coefficient (Wildman–Crippen LogP) is 1.79. The van der Waals surface area contributed by atoms with Crippen molar-refractivity contribution in [3.8, 4) is 0 Å². The van der Waals surface area contributed by atoms with Gasteiger partial charge in [-0.3, -0.25) is 4.79 Å². The van der Waals surface area contributed by atoms with Crippen LogP contribution < -0.4 is 10.2 Å². The van der Waals surface area contributed by atoms with Gasteiger partial charge in [0.2, 0.25) is 5.91 Å². The predicted molar refractivity (Wildman–Crippen MR) is 57.0 cm³/mol. The molecule has 2 rings (SSSR count). The van der Waals surface area contributed by atoms with Crippen molar-refractivity contribution in [3.63, 3.8) is 0 Å². The lowest BCUT2D eigenvalue weighted by atomic mass is 10.2. The van der Waals surface area contributed by atoms with E-state index in [2.05, 4.69) is 5.32 Å². The molecule has 1 aromatic rings. The molecule has 0 aromatic heterocycles. The first-order valence-corrected chi connectivity index (χ1v) is 4.92. The standard InChI is InChI=1S/C10H9ClN2O2/c11-7-2-1-3-8(6-7)13-9(14)4-5-12-10(13)15/h1-3,6H,4-5H2,(H,12,15). The Kier molecular flexibility index (Phi) is 2.60. The SMILES string of the molecule is O=C1CCNC(=O)N1c1cccc(Cl)c1. The van der Waals surface area contributed by atoms with Gasteiger partial charge in [-0.15, -0.1) is 0 Å². The van der Waals surface area contributed by atoms with E-state index in [0.717, 1.165) is 4.90 Å². The van der Waals surface area contributed by atoms with E-state index in [0.29, 0.717) is 23.7 Å². The normalized spacial score (nSPS) is 16.5. The number of halogens is 1. The van der Waals surface area contributed by atoms with Gasteiger partial charge in [0.25, 0.3) is 0 Å². The molecular weight excluding hydrogens is 216 g/mol. The minimum absolute atomic E-state index is 0.207. The van der Waals surface area contributed by atoms with E-state index in [1.54, 1.807) is 24.3 Å². The van der Waals surface area contributed by atoms with Gasteiger partial charge >= 0.3 is 6.03 Å². The Bertz CT molecular complexity index is 404. The van der Waals surface area contributed by atoms with Crippen LogP contribution in [-0.4, -0.2) is 18.5 Å². The van der Waals surface area contributed by atoms with Crippen LogP contribution in [0.2, 0.25) is 5.02 Å². The summed E-state index contributed by atoms with van der Waals surface area (Å²) in [6.45, 7) is 0.398. The maximum Gasteiger partial charge on any atom is 0.328 e. The first-order valence-electron chi connectivity index (χ1n) is 4.55. The molecule has 0 radical (unpaired) electrons. The summed E-state index contributed by atoms with van der Waals surface area (Å²) in [6, 6.07) is 6.26. The van der Waals surface area contributed by atoms with E-state index >= 15 is 0 Å². The Morgan fingerprint density at radius 1 is 1.33 bits per heavy atom. The fourth-order valence-corrected chi connectivity index (χ4v) is 1.64. The highest BCUT2D eigenvalue weighted by atomic mass is 35.5. The van der Waals surface area contributed by atoms with E-state index in [1.807, 2.05) is 0 Å². The minimum atomic E-state index is -0.395. The number of carbonyl (C=O) groups excluding carboxylic acids is 2. The zero-order chi connectivity index (χ0) is 10.8. The van der Waals surface area contributed by atoms with Gasteiger partial charge in [-0.1, -0.05) is 17.7 Å². The number of imide groups is 1. The van der Waals surface area contributed by atoms with Crippen LogP contribution >= 0.6 is 11.6 Å². The van der Waals surface area contributed by atoms with E-state index < -0.39 is 6.03 Å². The van der Waals surface area contributed by atoms with Crippen molar-refractivity contribution >= 4 is 29.2 Å². The molecule has 1 saturated heterocycles. The first kappa shape index (κ1) is 9.98. The third-order valence-electron chi connectivity index (χ3n) is 2.13. The first-order chi connectivity index (χ1) is 7.18. The van der Waals surface area contributed by atoms with E-state index in [-0.39, 0.29) is 5.91 Å². The van der Waals surface area contributed by atoms with Gasteiger partial charge < -0.3 is 5.32 Å². The van der Waals surface area contributed by atoms with Crippen LogP contribution in [0.1, 0.15) is 6.42 Å². The summed E-state index contributed by atoms with van der Waals surface area (Å²) in [5.74, 6) is -0.207. The van der Waals surface area contributed by atoms with Crippen molar-refractivity contribution in [2.75, 3.05) is 11.4 Å². The fraction of sp³-hybridized carbons (Fsp3) is 0.200. The quantitative estimate of drug-likeness (QED) is 0.791. The molecule has 0 atom stereocenters. The Morgan fingerprint density at radius 3 is 2.80 bits per heavy atom. The average molecular weight is 225 g/mol. The van der Waals surface area contributed by atoms with Crippen LogP contribution in [0.15, 0.2) is 24.3 Å². The zero-order valence-corrected chi connectivity index (χ0v) is 8.62. The largest absolute Gasteiger partial charge is 0.337 e. The highest BCUT2D eigenvalue weighted by molar-refractivity contribution is 6.31. The number of benzene rings is 1. The van der Waals surface area contributed by atoms with Gasteiger partial charge in [-0.25, -0.2) is 9.69 Å². The van der Waals surface area contributed by atoms with E-state index in [1.165, 1.54) is 0 Å². The monoisotopic (exact) mass is 224 g/mol. The number of nitrogens with one attached hydrogen (secondary N) is 1. The number of hydrogen-bond acceptors (Lipinski definition) is 2. The number of amides is 3. The third kappa shape index (κ3) is 1.94. The molecule has 1 aliphatic heterocycles. The van der Waals surface area contributed by atoms with Crippen molar-refractivity contribution in [3.05, 3.63) is 29.3 Å². The Balaban J connectivity index is 2.35. The molecule has 1 aliphatic rings. The van der Waals surface area contributed by atoms with Crippen molar-refractivity contribution in [1.82, 2.24) is 5.32 Å². The molecule has 3 amide bonds. The Morgan fingerprint density at radius 2 is 2.13 bits per heavy atom. The number of carbonyl (C=O) groups is 2. The lowest BCUT2D eigenvalue weighted by molar-refractivity contribution is -0.118. The summed E-state index contributed by atoms with van der Waals surface area (Å²) in [6.07, 6.45) is 0.318. The summed E-state index contributed by atoms with van der Waals surface area (Å²) in [7, 11) is 0. The van der Waals surface area contributed by atoms with Gasteiger partial charge in [0.05, 0.1) is 5.69 Å². The topological polar surface area (TPSA) is 49.4 Å². The summed E-state index contributed by atoms with van der Waals surface area (Å²) < 4.78 is 0. The molecule has 4 nitrogen and oxygen atoms in total. The molecule has 0 unspecified atom stereocenters. The van der Waals surface area contributed by atoms with Gasteiger partial charge in [0, 0.05) is 18.0 Å². The lowest BCUT2D eigenvalue weighted by Gasteiger charge is -2.25. The summed E-state index contributed by atoms with van der Waals surface area (Å²) in [5, 5.41) is 3.10. The zero-order valence-electron chi connectivity index (χ0n) is 7.87.